The lowest BCUT2D eigenvalue weighted by molar-refractivity contribution is -0.870. The average molecular weight is 661 g/mol. The van der Waals surface area contributed by atoms with Crippen molar-refractivity contribution in [1.82, 2.24) is 5.32 Å². The summed E-state index contributed by atoms with van der Waals surface area (Å²) in [5.41, 5.74) is 0. The summed E-state index contributed by atoms with van der Waals surface area (Å²) in [4.78, 5) is 25.1. The Labute approximate surface area is 278 Å². The molecule has 0 aliphatic carbocycles. The number of nitrogens with one attached hydrogen (secondary N) is 1. The van der Waals surface area contributed by atoms with Crippen molar-refractivity contribution in [2.45, 2.75) is 174 Å². The van der Waals surface area contributed by atoms with E-state index in [1.165, 1.54) is 103 Å². The van der Waals surface area contributed by atoms with E-state index in [2.05, 4.69) is 19.2 Å². The maximum absolute atomic E-state index is 12.7. The molecule has 45 heavy (non-hydrogen) atoms. The summed E-state index contributed by atoms with van der Waals surface area (Å²) in [6, 6.07) is -0.876. The molecular formula is C36H73N2O6P. The molecule has 0 aromatic heterocycles. The zero-order valence-corrected chi connectivity index (χ0v) is 31.0. The van der Waals surface area contributed by atoms with Crippen molar-refractivity contribution >= 4 is 13.7 Å². The molecule has 0 rings (SSSR count). The van der Waals surface area contributed by atoms with Crippen molar-refractivity contribution in [3.63, 3.8) is 0 Å². The monoisotopic (exact) mass is 661 g/mol. The van der Waals surface area contributed by atoms with Gasteiger partial charge >= 0.3 is 0 Å². The molecule has 0 saturated carbocycles. The molecular weight excluding hydrogens is 587 g/mol. The number of aliphatic hydroxyl groups excluding tert-OH is 1. The molecule has 0 aliphatic rings. The summed E-state index contributed by atoms with van der Waals surface area (Å²) in [6.07, 6.45) is 29.6. The Morgan fingerprint density at radius 1 is 0.756 bits per heavy atom. The maximum atomic E-state index is 12.7. The Hall–Kier alpha value is -0.760. The van der Waals surface area contributed by atoms with Gasteiger partial charge in [0.05, 0.1) is 39.9 Å². The summed E-state index contributed by atoms with van der Waals surface area (Å²) in [5.74, 6) is -0.201. The van der Waals surface area contributed by atoms with Crippen LogP contribution in [0.4, 0.5) is 0 Å². The van der Waals surface area contributed by atoms with E-state index < -0.39 is 20.0 Å². The van der Waals surface area contributed by atoms with Crippen LogP contribution in [0.25, 0.3) is 0 Å². The minimum Gasteiger partial charge on any atom is -0.756 e. The van der Waals surface area contributed by atoms with Crippen LogP contribution >= 0.6 is 7.82 Å². The number of aliphatic hydroxyl groups is 1. The van der Waals surface area contributed by atoms with Crippen LogP contribution in [0, 0.1) is 0 Å². The van der Waals surface area contributed by atoms with E-state index in [1.807, 2.05) is 27.2 Å². The number of carbonyl (C=O) groups excluding carboxylic acids is 1. The lowest BCUT2D eigenvalue weighted by Crippen LogP contribution is -2.45. The minimum atomic E-state index is -4.57. The first-order valence-corrected chi connectivity index (χ1v) is 20.0. The highest BCUT2D eigenvalue weighted by atomic mass is 31.2. The molecule has 0 aromatic rings. The van der Waals surface area contributed by atoms with Crippen LogP contribution in [0.5, 0.6) is 0 Å². The highest BCUT2D eigenvalue weighted by Gasteiger charge is 2.23. The summed E-state index contributed by atoms with van der Waals surface area (Å²) in [5, 5.41) is 13.7. The number of phosphoric ester groups is 1. The van der Waals surface area contributed by atoms with Gasteiger partial charge in [-0.15, -0.1) is 0 Å². The number of carbonyl (C=O) groups is 1. The van der Waals surface area contributed by atoms with Crippen molar-refractivity contribution in [3.8, 4) is 0 Å². The largest absolute Gasteiger partial charge is 0.756 e. The number of rotatable bonds is 33. The fraction of sp³-hybridized carbons (Fsp3) is 0.917. The van der Waals surface area contributed by atoms with Crippen LogP contribution < -0.4 is 10.2 Å². The van der Waals surface area contributed by atoms with Crippen molar-refractivity contribution in [2.24, 2.45) is 0 Å². The summed E-state index contributed by atoms with van der Waals surface area (Å²) >= 11 is 0. The standard InChI is InChI=1S/C36H73N2O6P/c1-6-8-10-12-14-16-18-19-20-21-23-25-27-29-35(39)34(33-44-45(41,42)43-32-31-38(3,4)5)37-36(40)30-28-26-24-22-17-15-13-11-9-7-2/h27,29,34-35,39H,6-26,28,30-33H2,1-5H3,(H-,37,40,41,42)/b29-27+/t34-,35+/m0/s1. The van der Waals surface area contributed by atoms with E-state index in [9.17, 15) is 19.4 Å². The second-order valence-electron chi connectivity index (χ2n) is 13.9. The molecule has 9 heteroatoms. The number of quaternary nitrogens is 1. The Balaban J connectivity index is 4.56. The zero-order chi connectivity index (χ0) is 33.7. The predicted molar refractivity (Wildman–Crippen MR) is 187 cm³/mol. The fourth-order valence-electron chi connectivity index (χ4n) is 5.21. The second-order valence-corrected chi connectivity index (χ2v) is 15.3. The van der Waals surface area contributed by atoms with E-state index in [1.54, 1.807) is 6.08 Å². The topological polar surface area (TPSA) is 108 Å². The Morgan fingerprint density at radius 2 is 1.20 bits per heavy atom. The van der Waals surface area contributed by atoms with Crippen molar-refractivity contribution < 1.29 is 32.9 Å². The van der Waals surface area contributed by atoms with E-state index in [4.69, 9.17) is 9.05 Å². The first-order valence-electron chi connectivity index (χ1n) is 18.6. The Morgan fingerprint density at radius 3 is 1.67 bits per heavy atom. The quantitative estimate of drug-likeness (QED) is 0.0316. The number of hydrogen-bond donors (Lipinski definition) is 2. The molecule has 0 bridgehead atoms. The van der Waals surface area contributed by atoms with Gasteiger partial charge < -0.3 is 28.8 Å². The molecule has 0 heterocycles. The summed E-state index contributed by atoms with van der Waals surface area (Å²) in [6.45, 7) is 4.60. The molecule has 0 fully saturated rings. The molecule has 0 radical (unpaired) electrons. The Bertz CT molecular complexity index is 758. The van der Waals surface area contributed by atoms with Gasteiger partial charge in [-0.25, -0.2) is 0 Å². The number of hydrogen-bond acceptors (Lipinski definition) is 6. The molecule has 0 spiro atoms. The van der Waals surface area contributed by atoms with E-state index in [-0.39, 0.29) is 19.1 Å². The van der Waals surface area contributed by atoms with Gasteiger partial charge in [-0.1, -0.05) is 148 Å². The molecule has 2 N–H and O–H groups in total. The van der Waals surface area contributed by atoms with E-state index >= 15 is 0 Å². The van der Waals surface area contributed by atoms with E-state index in [0.717, 1.165) is 38.5 Å². The minimum absolute atomic E-state index is 0.00145. The van der Waals surface area contributed by atoms with Crippen LogP contribution in [-0.2, 0) is 18.4 Å². The first-order chi connectivity index (χ1) is 21.5. The van der Waals surface area contributed by atoms with Gasteiger partial charge in [-0.3, -0.25) is 9.36 Å². The second kappa shape index (κ2) is 29.4. The number of allylic oxidation sites excluding steroid dienone is 1. The van der Waals surface area contributed by atoms with Crippen molar-refractivity contribution in [3.05, 3.63) is 12.2 Å². The molecule has 0 aromatic carbocycles. The van der Waals surface area contributed by atoms with Crippen LogP contribution in [-0.4, -0.2) is 68.5 Å². The molecule has 1 unspecified atom stereocenters. The van der Waals surface area contributed by atoms with E-state index in [0.29, 0.717) is 17.4 Å². The third-order valence-corrected chi connectivity index (χ3v) is 9.21. The lowest BCUT2D eigenvalue weighted by atomic mass is 10.0. The van der Waals surface area contributed by atoms with Crippen LogP contribution in [0.1, 0.15) is 162 Å². The SMILES string of the molecule is CCCCCCCCCCCCC/C=C/[C@@H](O)[C@H](COP(=O)([O-])OCC[N+](C)(C)C)NC(=O)CCCCCCCCCCCC. The third kappa shape index (κ3) is 31.6. The number of nitrogens with zero attached hydrogens (tertiary/aromatic N) is 1. The van der Waals surface area contributed by atoms with Gasteiger partial charge in [-0.05, 0) is 19.3 Å². The van der Waals surface area contributed by atoms with Crippen molar-refractivity contribution in [1.29, 1.82) is 0 Å². The third-order valence-electron chi connectivity index (χ3n) is 8.25. The smallest absolute Gasteiger partial charge is 0.268 e. The van der Waals surface area contributed by atoms with Crippen molar-refractivity contribution in [2.75, 3.05) is 40.9 Å². The molecule has 1 amide bonds. The molecule has 8 nitrogen and oxygen atoms in total. The van der Waals surface area contributed by atoms with Crippen LogP contribution in [0.15, 0.2) is 12.2 Å². The summed E-state index contributed by atoms with van der Waals surface area (Å²) < 4.78 is 23.0. The van der Waals surface area contributed by atoms with Gasteiger partial charge in [0.15, 0.2) is 0 Å². The zero-order valence-electron chi connectivity index (χ0n) is 30.1. The van der Waals surface area contributed by atoms with Gasteiger partial charge in [0.1, 0.15) is 13.2 Å². The van der Waals surface area contributed by atoms with Crippen LogP contribution in [0.2, 0.25) is 0 Å². The number of unbranched alkanes of at least 4 members (excludes halogenated alkanes) is 20. The molecule has 3 atom stereocenters. The maximum Gasteiger partial charge on any atom is 0.268 e. The van der Waals surface area contributed by atoms with Gasteiger partial charge in [0.25, 0.3) is 7.82 Å². The Kier molecular flexibility index (Phi) is 28.9. The first kappa shape index (κ1) is 44.2. The fourth-order valence-corrected chi connectivity index (χ4v) is 5.93. The average Bonchev–Trinajstić information content (AvgIpc) is 2.97. The number of likely N-dealkylation sites (N-methyl/N-ethyl adjacent to an activating group) is 1. The highest BCUT2D eigenvalue weighted by Crippen LogP contribution is 2.38. The molecule has 0 saturated heterocycles. The normalized spacial score (nSPS) is 14.9. The summed E-state index contributed by atoms with van der Waals surface area (Å²) in [7, 11) is 1.26. The number of phosphoric acid groups is 1. The number of amides is 1. The molecule has 268 valence electrons. The van der Waals surface area contributed by atoms with Gasteiger partial charge in [0, 0.05) is 6.42 Å². The van der Waals surface area contributed by atoms with Gasteiger partial charge in [-0.2, -0.15) is 0 Å². The van der Waals surface area contributed by atoms with Crippen LogP contribution in [0.3, 0.4) is 0 Å². The highest BCUT2D eigenvalue weighted by molar-refractivity contribution is 7.45. The van der Waals surface area contributed by atoms with Gasteiger partial charge in [0.2, 0.25) is 5.91 Å². The predicted octanol–water partition coefficient (Wildman–Crippen LogP) is 8.61. The molecule has 0 aliphatic heterocycles. The lowest BCUT2D eigenvalue weighted by Gasteiger charge is -2.29.